The van der Waals surface area contributed by atoms with E-state index in [-0.39, 0.29) is 30.4 Å². The number of rotatable bonds is 7. The van der Waals surface area contributed by atoms with E-state index in [1.807, 2.05) is 27.7 Å². The smallest absolute Gasteiger partial charge is 0.422 e. The Labute approximate surface area is 156 Å². The Bertz CT molecular complexity index is 625. The molecule has 0 spiro atoms. The maximum absolute atomic E-state index is 12.1. The van der Waals surface area contributed by atoms with E-state index in [0.717, 1.165) is 0 Å². The minimum absolute atomic E-state index is 0.0611. The number of halogens is 3. The molecule has 7 nitrogen and oxygen atoms in total. The highest BCUT2D eigenvalue weighted by atomic mass is 19.4. The lowest BCUT2D eigenvalue weighted by molar-refractivity contribution is -0.154. The average Bonchev–Trinajstić information content (AvgIpc) is 2.54. The molecular formula is C17H26F3N5O2. The number of alkyl halides is 3. The van der Waals surface area contributed by atoms with Crippen molar-refractivity contribution in [3.8, 4) is 5.88 Å². The zero-order valence-electron chi connectivity index (χ0n) is 15.9. The quantitative estimate of drug-likeness (QED) is 0.490. The number of aromatic nitrogens is 1. The molecule has 3 N–H and O–H groups in total. The Kier molecular flexibility index (Phi) is 8.32. The molecule has 10 heteroatoms. The van der Waals surface area contributed by atoms with Gasteiger partial charge in [0.15, 0.2) is 12.6 Å². The summed E-state index contributed by atoms with van der Waals surface area (Å²) in [5, 5.41) is 8.76. The van der Waals surface area contributed by atoms with Gasteiger partial charge in [-0.05, 0) is 33.3 Å². The van der Waals surface area contributed by atoms with Gasteiger partial charge in [0.2, 0.25) is 11.8 Å². The van der Waals surface area contributed by atoms with Crippen LogP contribution in [0.5, 0.6) is 5.88 Å². The lowest BCUT2D eigenvalue weighted by Crippen LogP contribution is -2.48. The summed E-state index contributed by atoms with van der Waals surface area (Å²) >= 11 is 0. The van der Waals surface area contributed by atoms with Crippen molar-refractivity contribution in [1.82, 2.24) is 20.9 Å². The number of amides is 1. The van der Waals surface area contributed by atoms with Gasteiger partial charge in [0, 0.05) is 24.3 Å². The van der Waals surface area contributed by atoms with Crippen LogP contribution in [0.25, 0.3) is 0 Å². The van der Waals surface area contributed by atoms with E-state index in [1.54, 1.807) is 6.07 Å². The monoisotopic (exact) mass is 389 g/mol. The van der Waals surface area contributed by atoms with Crippen LogP contribution in [0.3, 0.4) is 0 Å². The topological polar surface area (TPSA) is 87.6 Å². The summed E-state index contributed by atoms with van der Waals surface area (Å²) < 4.78 is 40.9. The molecule has 27 heavy (non-hydrogen) atoms. The average molecular weight is 389 g/mol. The van der Waals surface area contributed by atoms with Crippen molar-refractivity contribution in [1.29, 1.82) is 0 Å². The van der Waals surface area contributed by atoms with Crippen molar-refractivity contribution in [2.45, 2.75) is 46.0 Å². The van der Waals surface area contributed by atoms with Gasteiger partial charge in [-0.15, -0.1) is 0 Å². The number of hydrogen-bond donors (Lipinski definition) is 3. The third-order valence-electron chi connectivity index (χ3n) is 2.88. The lowest BCUT2D eigenvalue weighted by Gasteiger charge is -2.21. The second-order valence-electron chi connectivity index (χ2n) is 6.76. The van der Waals surface area contributed by atoms with Crippen LogP contribution in [-0.4, -0.2) is 48.3 Å². The summed E-state index contributed by atoms with van der Waals surface area (Å²) in [7, 11) is 0. The first-order valence-electron chi connectivity index (χ1n) is 8.46. The van der Waals surface area contributed by atoms with Crippen LogP contribution in [0.4, 0.5) is 13.2 Å². The molecule has 0 aromatic carbocycles. The molecule has 1 aromatic heterocycles. The van der Waals surface area contributed by atoms with Crippen molar-refractivity contribution in [2.75, 3.05) is 19.7 Å². The van der Waals surface area contributed by atoms with Gasteiger partial charge >= 0.3 is 6.18 Å². The first kappa shape index (κ1) is 22.5. The van der Waals surface area contributed by atoms with E-state index in [4.69, 9.17) is 0 Å². The summed E-state index contributed by atoms with van der Waals surface area (Å²) in [5.41, 5.74) is 0.362. The molecule has 1 amide bonds. The zero-order chi connectivity index (χ0) is 20.5. The van der Waals surface area contributed by atoms with Crippen molar-refractivity contribution in [3.05, 3.63) is 23.9 Å². The Morgan fingerprint density at radius 1 is 1.22 bits per heavy atom. The molecule has 0 radical (unpaired) electrons. The number of carbonyl (C=O) groups is 1. The molecule has 0 fully saturated rings. The van der Waals surface area contributed by atoms with Gasteiger partial charge in [0.05, 0.1) is 13.1 Å². The van der Waals surface area contributed by atoms with E-state index < -0.39 is 12.8 Å². The Hall–Kier alpha value is -2.52. The second-order valence-corrected chi connectivity index (χ2v) is 6.76. The number of nitrogens with one attached hydrogen (secondary N) is 3. The van der Waals surface area contributed by atoms with E-state index in [9.17, 15) is 18.0 Å². The number of aliphatic imine (C=N–C) groups is 1. The first-order chi connectivity index (χ1) is 12.5. The predicted octanol–water partition coefficient (Wildman–Crippen LogP) is 1.99. The molecular weight excluding hydrogens is 363 g/mol. The van der Waals surface area contributed by atoms with Crippen LogP contribution in [0.1, 0.15) is 33.3 Å². The molecule has 0 aliphatic rings. The van der Waals surface area contributed by atoms with Crippen LogP contribution in [0.15, 0.2) is 23.3 Å². The van der Waals surface area contributed by atoms with Crippen molar-refractivity contribution in [3.63, 3.8) is 0 Å². The SMILES string of the molecule is CCNC(=NCc1ccc(OCC(F)(F)F)nc1)NCC(=O)NC(C)(C)C. The molecule has 0 saturated carbocycles. The molecule has 0 unspecified atom stereocenters. The third-order valence-corrected chi connectivity index (χ3v) is 2.88. The normalized spacial score (nSPS) is 12.5. The molecule has 1 heterocycles. The minimum Gasteiger partial charge on any atom is -0.468 e. The number of ether oxygens (including phenoxy) is 1. The molecule has 1 rings (SSSR count). The van der Waals surface area contributed by atoms with Crippen LogP contribution in [0, 0.1) is 0 Å². The Morgan fingerprint density at radius 3 is 2.44 bits per heavy atom. The van der Waals surface area contributed by atoms with Crippen molar-refractivity contribution < 1.29 is 22.7 Å². The van der Waals surface area contributed by atoms with E-state index in [1.165, 1.54) is 12.3 Å². The fourth-order valence-electron chi connectivity index (χ4n) is 1.88. The second kappa shape index (κ2) is 9.98. The maximum atomic E-state index is 12.1. The Balaban J connectivity index is 2.58. The lowest BCUT2D eigenvalue weighted by atomic mass is 10.1. The Morgan fingerprint density at radius 2 is 1.93 bits per heavy atom. The molecule has 0 bridgehead atoms. The molecule has 0 saturated heterocycles. The first-order valence-corrected chi connectivity index (χ1v) is 8.46. The molecule has 0 atom stereocenters. The highest BCUT2D eigenvalue weighted by Crippen LogP contribution is 2.17. The maximum Gasteiger partial charge on any atom is 0.422 e. The van der Waals surface area contributed by atoms with Gasteiger partial charge < -0.3 is 20.7 Å². The van der Waals surface area contributed by atoms with E-state index >= 15 is 0 Å². The highest BCUT2D eigenvalue weighted by Gasteiger charge is 2.28. The number of carbonyl (C=O) groups excluding carboxylic acids is 1. The number of guanidine groups is 1. The summed E-state index contributed by atoms with van der Waals surface area (Å²) in [6.07, 6.45) is -3.01. The molecule has 0 aliphatic carbocycles. The number of hydrogen-bond acceptors (Lipinski definition) is 4. The van der Waals surface area contributed by atoms with Gasteiger partial charge in [0.25, 0.3) is 0 Å². The highest BCUT2D eigenvalue weighted by molar-refractivity contribution is 5.86. The fraction of sp³-hybridized carbons (Fsp3) is 0.588. The van der Waals surface area contributed by atoms with Crippen LogP contribution in [-0.2, 0) is 11.3 Å². The van der Waals surface area contributed by atoms with Crippen LogP contribution >= 0.6 is 0 Å². The third kappa shape index (κ3) is 10.9. The van der Waals surface area contributed by atoms with E-state index in [2.05, 4.69) is 30.7 Å². The predicted molar refractivity (Wildman–Crippen MR) is 96.5 cm³/mol. The van der Waals surface area contributed by atoms with E-state index in [0.29, 0.717) is 18.1 Å². The fourth-order valence-corrected chi connectivity index (χ4v) is 1.88. The summed E-state index contributed by atoms with van der Waals surface area (Å²) in [6, 6.07) is 2.94. The standard InChI is InChI=1S/C17H26F3N5O2/c1-5-21-15(24-10-13(26)25-16(2,3)4)23-9-12-6-7-14(22-8-12)27-11-17(18,19)20/h6-8H,5,9-11H2,1-4H3,(H,25,26)(H2,21,23,24). The van der Waals surface area contributed by atoms with Gasteiger partial charge in [0.1, 0.15) is 0 Å². The summed E-state index contributed by atoms with van der Waals surface area (Å²) in [5.74, 6) is 0.170. The van der Waals surface area contributed by atoms with Crippen LogP contribution < -0.4 is 20.7 Å². The van der Waals surface area contributed by atoms with Crippen LogP contribution in [0.2, 0.25) is 0 Å². The van der Waals surface area contributed by atoms with Gasteiger partial charge in [-0.1, -0.05) is 6.07 Å². The number of pyridine rings is 1. The largest absolute Gasteiger partial charge is 0.468 e. The summed E-state index contributed by atoms with van der Waals surface area (Å²) in [6.45, 7) is 7.07. The number of nitrogens with zero attached hydrogens (tertiary/aromatic N) is 2. The van der Waals surface area contributed by atoms with Gasteiger partial charge in [-0.25, -0.2) is 9.98 Å². The zero-order valence-corrected chi connectivity index (χ0v) is 15.9. The minimum atomic E-state index is -4.41. The van der Waals surface area contributed by atoms with Crippen molar-refractivity contribution in [2.24, 2.45) is 4.99 Å². The molecule has 1 aromatic rings. The van der Waals surface area contributed by atoms with Crippen molar-refractivity contribution >= 4 is 11.9 Å². The molecule has 152 valence electrons. The van der Waals surface area contributed by atoms with Gasteiger partial charge in [-0.2, -0.15) is 13.2 Å². The summed E-state index contributed by atoms with van der Waals surface area (Å²) in [4.78, 5) is 20.0. The van der Waals surface area contributed by atoms with Gasteiger partial charge in [-0.3, -0.25) is 4.79 Å². The molecule has 0 aliphatic heterocycles.